The summed E-state index contributed by atoms with van der Waals surface area (Å²) in [5.74, 6) is 0.165. The van der Waals surface area contributed by atoms with Gasteiger partial charge in [-0.15, -0.1) is 0 Å². The summed E-state index contributed by atoms with van der Waals surface area (Å²) in [7, 11) is -3.50. The average molecular weight is 451 g/mol. The van der Waals surface area contributed by atoms with Crippen molar-refractivity contribution in [2.45, 2.75) is 30.8 Å². The summed E-state index contributed by atoms with van der Waals surface area (Å²) in [5.41, 5.74) is 1.94. The average Bonchev–Trinajstić information content (AvgIpc) is 2.84. The predicted molar refractivity (Wildman–Crippen MR) is 124 cm³/mol. The number of carbonyl (C=O) groups is 1. The van der Waals surface area contributed by atoms with Gasteiger partial charge in [0.1, 0.15) is 12.4 Å². The summed E-state index contributed by atoms with van der Waals surface area (Å²) < 4.78 is 33.0. The van der Waals surface area contributed by atoms with E-state index in [0.29, 0.717) is 36.7 Å². The van der Waals surface area contributed by atoms with E-state index in [1.165, 1.54) is 16.4 Å². The second-order valence-electron chi connectivity index (χ2n) is 7.71. The van der Waals surface area contributed by atoms with Gasteiger partial charge in [-0.2, -0.15) is 4.31 Å². The Bertz CT molecular complexity index is 1160. The van der Waals surface area contributed by atoms with Crippen molar-refractivity contribution in [2.24, 2.45) is 0 Å². The van der Waals surface area contributed by atoms with E-state index >= 15 is 0 Å². The number of rotatable bonds is 7. The molecule has 0 aromatic heterocycles. The smallest absolute Gasteiger partial charge is 0.259 e. The van der Waals surface area contributed by atoms with Crippen LogP contribution in [0.15, 0.2) is 83.8 Å². The van der Waals surface area contributed by atoms with Gasteiger partial charge in [0.25, 0.3) is 5.91 Å². The monoisotopic (exact) mass is 450 g/mol. The highest BCUT2D eigenvalue weighted by Crippen LogP contribution is 2.24. The molecule has 7 heteroatoms. The third kappa shape index (κ3) is 5.18. The van der Waals surface area contributed by atoms with Crippen molar-refractivity contribution in [3.05, 3.63) is 90.0 Å². The maximum Gasteiger partial charge on any atom is 0.259 e. The number of sulfonamides is 1. The Morgan fingerprint density at radius 1 is 0.844 bits per heavy atom. The standard InChI is InChI=1S/C25H26N2O4S/c28-25(23-11-5-6-12-24(23)31-19-20-9-3-1-4-10-20)26-21-13-15-22(16-14-21)32(29,30)27-17-7-2-8-18-27/h1,3-6,9-16H,2,7-8,17-19H2,(H,26,28). The fourth-order valence-electron chi connectivity index (χ4n) is 3.68. The van der Waals surface area contributed by atoms with E-state index in [1.54, 1.807) is 30.3 Å². The lowest BCUT2D eigenvalue weighted by Gasteiger charge is -2.25. The van der Waals surface area contributed by atoms with Crippen molar-refractivity contribution in [3.63, 3.8) is 0 Å². The quantitative estimate of drug-likeness (QED) is 0.567. The summed E-state index contributed by atoms with van der Waals surface area (Å²) in [6.45, 7) is 1.47. The number of carbonyl (C=O) groups excluding carboxylic acids is 1. The Labute approximate surface area is 188 Å². The minimum Gasteiger partial charge on any atom is -0.488 e. The van der Waals surface area contributed by atoms with Crippen LogP contribution < -0.4 is 10.1 Å². The van der Waals surface area contributed by atoms with E-state index in [9.17, 15) is 13.2 Å². The van der Waals surface area contributed by atoms with Crippen LogP contribution in [0.2, 0.25) is 0 Å². The lowest BCUT2D eigenvalue weighted by Crippen LogP contribution is -2.35. The second-order valence-corrected chi connectivity index (χ2v) is 9.65. The molecule has 0 spiro atoms. The van der Waals surface area contributed by atoms with Crippen molar-refractivity contribution in [1.82, 2.24) is 4.31 Å². The van der Waals surface area contributed by atoms with Gasteiger partial charge in [-0.3, -0.25) is 4.79 Å². The SMILES string of the molecule is O=C(Nc1ccc(S(=O)(=O)N2CCCCC2)cc1)c1ccccc1OCc1ccccc1. The Hall–Kier alpha value is -3.16. The van der Waals surface area contributed by atoms with Gasteiger partial charge in [0.2, 0.25) is 10.0 Å². The first-order chi connectivity index (χ1) is 15.5. The van der Waals surface area contributed by atoms with Crippen LogP contribution in [0.25, 0.3) is 0 Å². The van der Waals surface area contributed by atoms with E-state index in [4.69, 9.17) is 4.74 Å². The van der Waals surface area contributed by atoms with Crippen LogP contribution in [0.3, 0.4) is 0 Å². The molecule has 0 saturated carbocycles. The number of piperidine rings is 1. The van der Waals surface area contributed by atoms with E-state index in [2.05, 4.69) is 5.32 Å². The molecule has 32 heavy (non-hydrogen) atoms. The lowest BCUT2D eigenvalue weighted by molar-refractivity contribution is 0.102. The van der Waals surface area contributed by atoms with Gasteiger partial charge in [-0.05, 0) is 54.8 Å². The molecule has 1 heterocycles. The third-order valence-electron chi connectivity index (χ3n) is 5.43. The molecule has 3 aromatic rings. The summed E-state index contributed by atoms with van der Waals surface area (Å²) in [6, 6.07) is 23.1. The molecule has 6 nitrogen and oxygen atoms in total. The molecule has 0 atom stereocenters. The third-order valence-corrected chi connectivity index (χ3v) is 7.35. The number of nitrogens with one attached hydrogen (secondary N) is 1. The largest absolute Gasteiger partial charge is 0.488 e. The minimum absolute atomic E-state index is 0.240. The van der Waals surface area contributed by atoms with Crippen molar-refractivity contribution in [2.75, 3.05) is 18.4 Å². The van der Waals surface area contributed by atoms with E-state index < -0.39 is 10.0 Å². The van der Waals surface area contributed by atoms with E-state index in [0.717, 1.165) is 24.8 Å². The summed E-state index contributed by atoms with van der Waals surface area (Å²) in [6.07, 6.45) is 2.84. The molecule has 166 valence electrons. The van der Waals surface area contributed by atoms with Gasteiger partial charge in [-0.25, -0.2) is 8.42 Å². The second kappa shape index (κ2) is 9.97. The van der Waals surface area contributed by atoms with Crippen molar-refractivity contribution < 1.29 is 17.9 Å². The molecule has 1 N–H and O–H groups in total. The molecule has 3 aromatic carbocycles. The van der Waals surface area contributed by atoms with Crippen LogP contribution in [0.4, 0.5) is 5.69 Å². The summed E-state index contributed by atoms with van der Waals surface area (Å²) in [5, 5.41) is 2.83. The van der Waals surface area contributed by atoms with Gasteiger partial charge < -0.3 is 10.1 Å². The number of anilines is 1. The number of hydrogen-bond acceptors (Lipinski definition) is 4. The lowest BCUT2D eigenvalue weighted by atomic mass is 10.1. The fraction of sp³-hybridized carbons (Fsp3) is 0.240. The van der Waals surface area contributed by atoms with Crippen molar-refractivity contribution in [3.8, 4) is 5.75 Å². The normalized spacial score (nSPS) is 14.6. The molecule has 1 saturated heterocycles. The Kier molecular flexibility index (Phi) is 6.87. The zero-order valence-electron chi connectivity index (χ0n) is 17.7. The number of benzene rings is 3. The number of nitrogens with zero attached hydrogens (tertiary/aromatic N) is 1. The Morgan fingerprint density at radius 2 is 1.50 bits per heavy atom. The van der Waals surface area contributed by atoms with Gasteiger partial charge in [0.15, 0.2) is 0 Å². The first kappa shape index (κ1) is 22.0. The Balaban J connectivity index is 1.44. The number of ether oxygens (including phenoxy) is 1. The molecule has 1 aliphatic heterocycles. The Morgan fingerprint density at radius 3 is 2.22 bits per heavy atom. The van der Waals surface area contributed by atoms with E-state index in [-0.39, 0.29) is 10.8 Å². The van der Waals surface area contributed by atoms with Crippen molar-refractivity contribution >= 4 is 21.6 Å². The van der Waals surface area contributed by atoms with Crippen LogP contribution in [0, 0.1) is 0 Å². The van der Waals surface area contributed by atoms with Crippen LogP contribution in [-0.4, -0.2) is 31.7 Å². The highest BCUT2D eigenvalue weighted by atomic mass is 32.2. The maximum atomic E-state index is 12.9. The van der Waals surface area contributed by atoms with Crippen molar-refractivity contribution in [1.29, 1.82) is 0 Å². The molecule has 0 aliphatic carbocycles. The molecule has 0 unspecified atom stereocenters. The molecule has 0 radical (unpaired) electrons. The molecular weight excluding hydrogens is 424 g/mol. The molecule has 1 amide bonds. The van der Waals surface area contributed by atoms with Crippen LogP contribution >= 0.6 is 0 Å². The summed E-state index contributed by atoms with van der Waals surface area (Å²) in [4.78, 5) is 13.1. The summed E-state index contributed by atoms with van der Waals surface area (Å²) >= 11 is 0. The molecule has 1 aliphatic rings. The van der Waals surface area contributed by atoms with Crippen LogP contribution in [0.1, 0.15) is 35.2 Å². The first-order valence-electron chi connectivity index (χ1n) is 10.7. The topological polar surface area (TPSA) is 75.7 Å². The predicted octanol–water partition coefficient (Wildman–Crippen LogP) is 4.69. The molecule has 0 bridgehead atoms. The highest BCUT2D eigenvalue weighted by molar-refractivity contribution is 7.89. The minimum atomic E-state index is -3.50. The maximum absolute atomic E-state index is 12.9. The molecule has 1 fully saturated rings. The zero-order chi connectivity index (χ0) is 22.4. The molecule has 4 rings (SSSR count). The number of hydrogen-bond donors (Lipinski definition) is 1. The van der Waals surface area contributed by atoms with Crippen LogP contribution in [0.5, 0.6) is 5.75 Å². The van der Waals surface area contributed by atoms with Crippen LogP contribution in [-0.2, 0) is 16.6 Å². The van der Waals surface area contributed by atoms with Gasteiger partial charge in [-0.1, -0.05) is 48.9 Å². The highest BCUT2D eigenvalue weighted by Gasteiger charge is 2.25. The van der Waals surface area contributed by atoms with E-state index in [1.807, 2.05) is 36.4 Å². The number of para-hydroxylation sites is 1. The fourth-order valence-corrected chi connectivity index (χ4v) is 5.20. The molecular formula is C25H26N2O4S. The number of amides is 1. The van der Waals surface area contributed by atoms with Gasteiger partial charge >= 0.3 is 0 Å². The first-order valence-corrected chi connectivity index (χ1v) is 12.2. The van der Waals surface area contributed by atoms with Gasteiger partial charge in [0, 0.05) is 18.8 Å². The van der Waals surface area contributed by atoms with Gasteiger partial charge in [0.05, 0.1) is 10.5 Å². The zero-order valence-corrected chi connectivity index (χ0v) is 18.6.